The summed E-state index contributed by atoms with van der Waals surface area (Å²) >= 11 is 0. The first-order valence-electron chi connectivity index (χ1n) is 11.8. The Morgan fingerprint density at radius 2 is 1.61 bits per heavy atom. The lowest BCUT2D eigenvalue weighted by atomic mass is 9.91. The van der Waals surface area contributed by atoms with Gasteiger partial charge in [0.2, 0.25) is 0 Å². The zero-order valence-corrected chi connectivity index (χ0v) is 20.5. The minimum Gasteiger partial charge on any atom is -0.367 e. The van der Waals surface area contributed by atoms with E-state index >= 15 is 0 Å². The second kappa shape index (κ2) is 9.00. The van der Waals surface area contributed by atoms with Crippen LogP contribution in [-0.4, -0.2) is 43.4 Å². The maximum Gasteiger partial charge on any atom is 0.315 e. The molecule has 1 fully saturated rings. The third-order valence-electron chi connectivity index (χ3n) is 5.98. The number of urea groups is 1. The molecule has 0 radical (unpaired) electrons. The first-order chi connectivity index (χ1) is 15.6. The van der Waals surface area contributed by atoms with Crippen LogP contribution in [0, 0.1) is 20.8 Å². The molecule has 0 unspecified atom stereocenters. The molecular formula is C25H35N7O. The fraction of sp³-hybridized carbons (Fsp3) is 0.520. The SMILES string of the molecule is Cc1ccc(-n2nc(C)c3c(NC4CCC(NC(=O)NC(C)(C)C)CC4)nc(C)nc32)cc1. The summed E-state index contributed by atoms with van der Waals surface area (Å²) in [6.07, 6.45) is 3.81. The highest BCUT2D eigenvalue weighted by molar-refractivity contribution is 5.90. The smallest absolute Gasteiger partial charge is 0.315 e. The molecule has 8 nitrogen and oxygen atoms in total. The summed E-state index contributed by atoms with van der Waals surface area (Å²) in [6.45, 7) is 12.0. The first-order valence-corrected chi connectivity index (χ1v) is 11.8. The Kier molecular flexibility index (Phi) is 6.28. The lowest BCUT2D eigenvalue weighted by Crippen LogP contribution is -2.50. The molecule has 3 aromatic rings. The van der Waals surface area contributed by atoms with E-state index in [2.05, 4.69) is 47.1 Å². The van der Waals surface area contributed by atoms with Gasteiger partial charge in [-0.15, -0.1) is 0 Å². The van der Waals surface area contributed by atoms with Crippen LogP contribution in [0.1, 0.15) is 63.5 Å². The van der Waals surface area contributed by atoms with Crippen LogP contribution in [0.25, 0.3) is 16.7 Å². The van der Waals surface area contributed by atoms with Crippen LogP contribution in [0.4, 0.5) is 10.6 Å². The molecule has 0 aliphatic heterocycles. The molecule has 0 bridgehead atoms. The van der Waals surface area contributed by atoms with Crippen LogP contribution in [0.5, 0.6) is 0 Å². The number of aryl methyl sites for hydroxylation is 3. The molecule has 1 aliphatic carbocycles. The normalized spacial score (nSPS) is 18.8. The molecule has 3 N–H and O–H groups in total. The van der Waals surface area contributed by atoms with Gasteiger partial charge in [0, 0.05) is 17.6 Å². The molecule has 0 spiro atoms. The summed E-state index contributed by atoms with van der Waals surface area (Å²) in [4.78, 5) is 21.6. The number of fused-ring (bicyclic) bond motifs is 1. The van der Waals surface area contributed by atoms with Gasteiger partial charge < -0.3 is 16.0 Å². The highest BCUT2D eigenvalue weighted by Crippen LogP contribution is 2.29. The van der Waals surface area contributed by atoms with Crippen molar-refractivity contribution < 1.29 is 4.79 Å². The van der Waals surface area contributed by atoms with E-state index in [4.69, 9.17) is 15.1 Å². The highest BCUT2D eigenvalue weighted by Gasteiger charge is 2.25. The first kappa shape index (κ1) is 23.0. The third kappa shape index (κ3) is 5.43. The van der Waals surface area contributed by atoms with Crippen molar-refractivity contribution in [3.05, 3.63) is 41.3 Å². The van der Waals surface area contributed by atoms with Gasteiger partial charge in [-0.25, -0.2) is 19.4 Å². The van der Waals surface area contributed by atoms with E-state index in [-0.39, 0.29) is 17.6 Å². The molecule has 176 valence electrons. The number of carbonyl (C=O) groups is 1. The zero-order valence-electron chi connectivity index (χ0n) is 20.5. The molecule has 1 saturated carbocycles. The Hall–Kier alpha value is -3.16. The number of benzene rings is 1. The number of hydrogen-bond donors (Lipinski definition) is 3. The maximum atomic E-state index is 12.2. The van der Waals surface area contributed by atoms with Gasteiger partial charge in [-0.3, -0.25) is 0 Å². The molecule has 0 saturated heterocycles. The Labute approximate surface area is 195 Å². The van der Waals surface area contributed by atoms with Gasteiger partial charge in [-0.1, -0.05) is 17.7 Å². The average molecular weight is 450 g/mol. The predicted molar refractivity (Wildman–Crippen MR) is 132 cm³/mol. The van der Waals surface area contributed by atoms with Gasteiger partial charge in [0.15, 0.2) is 5.65 Å². The van der Waals surface area contributed by atoms with Crippen LogP contribution in [0.15, 0.2) is 24.3 Å². The van der Waals surface area contributed by atoms with Crippen LogP contribution in [0.2, 0.25) is 0 Å². The van der Waals surface area contributed by atoms with Crippen LogP contribution in [-0.2, 0) is 0 Å². The summed E-state index contributed by atoms with van der Waals surface area (Å²) in [5, 5.41) is 15.5. The minimum atomic E-state index is -0.236. The Morgan fingerprint density at radius 1 is 0.970 bits per heavy atom. The second-order valence-electron chi connectivity index (χ2n) is 10.2. The minimum absolute atomic E-state index is 0.0915. The largest absolute Gasteiger partial charge is 0.367 e. The van der Waals surface area contributed by atoms with Crippen molar-refractivity contribution in [3.8, 4) is 5.69 Å². The van der Waals surface area contributed by atoms with E-state index in [1.807, 2.05) is 39.3 Å². The van der Waals surface area contributed by atoms with Crippen molar-refractivity contribution in [2.45, 2.75) is 84.8 Å². The number of rotatable bonds is 4. The Morgan fingerprint density at radius 3 is 2.24 bits per heavy atom. The Balaban J connectivity index is 1.49. The average Bonchev–Trinajstić information content (AvgIpc) is 3.05. The van der Waals surface area contributed by atoms with E-state index in [1.165, 1.54) is 5.56 Å². The molecule has 0 atom stereocenters. The van der Waals surface area contributed by atoms with Gasteiger partial charge in [-0.2, -0.15) is 5.10 Å². The van der Waals surface area contributed by atoms with Gasteiger partial charge in [0.25, 0.3) is 0 Å². The lowest BCUT2D eigenvalue weighted by Gasteiger charge is -2.31. The van der Waals surface area contributed by atoms with Crippen molar-refractivity contribution in [1.82, 2.24) is 30.4 Å². The van der Waals surface area contributed by atoms with Crippen molar-refractivity contribution in [1.29, 1.82) is 0 Å². The van der Waals surface area contributed by atoms with E-state index < -0.39 is 0 Å². The monoisotopic (exact) mass is 449 g/mol. The van der Waals surface area contributed by atoms with Crippen molar-refractivity contribution in [2.24, 2.45) is 0 Å². The van der Waals surface area contributed by atoms with Gasteiger partial charge >= 0.3 is 6.03 Å². The van der Waals surface area contributed by atoms with Gasteiger partial charge in [0.05, 0.1) is 16.8 Å². The highest BCUT2D eigenvalue weighted by atomic mass is 16.2. The van der Waals surface area contributed by atoms with E-state index in [0.29, 0.717) is 11.9 Å². The number of nitrogens with one attached hydrogen (secondary N) is 3. The fourth-order valence-electron chi connectivity index (χ4n) is 4.40. The number of nitrogens with zero attached hydrogens (tertiary/aromatic N) is 4. The molecule has 4 rings (SSSR count). The summed E-state index contributed by atoms with van der Waals surface area (Å²) < 4.78 is 1.90. The standard InChI is InChI=1S/C25H35N7O/c1-15-7-13-20(14-8-15)32-23-21(16(2)31-32)22(26-17(3)27-23)28-18-9-11-19(12-10-18)29-24(33)30-25(4,5)6/h7-8,13-14,18-19H,9-12H2,1-6H3,(H,26,27,28)(H2,29,30,33). The lowest BCUT2D eigenvalue weighted by molar-refractivity contribution is 0.223. The molecule has 2 heterocycles. The van der Waals surface area contributed by atoms with Crippen molar-refractivity contribution >= 4 is 22.9 Å². The number of aromatic nitrogens is 4. The number of amides is 2. The topological polar surface area (TPSA) is 96.8 Å². The molecular weight excluding hydrogens is 414 g/mol. The van der Waals surface area contributed by atoms with E-state index in [9.17, 15) is 4.79 Å². The molecule has 2 aromatic heterocycles. The van der Waals surface area contributed by atoms with E-state index in [1.54, 1.807) is 0 Å². The number of anilines is 1. The van der Waals surface area contributed by atoms with Crippen LogP contribution in [0.3, 0.4) is 0 Å². The summed E-state index contributed by atoms with van der Waals surface area (Å²) in [7, 11) is 0. The van der Waals surface area contributed by atoms with E-state index in [0.717, 1.165) is 53.9 Å². The zero-order chi connectivity index (χ0) is 23.8. The van der Waals surface area contributed by atoms with Gasteiger partial charge in [-0.05, 0) is 79.4 Å². The second-order valence-corrected chi connectivity index (χ2v) is 10.2. The summed E-state index contributed by atoms with van der Waals surface area (Å²) in [5.74, 6) is 1.56. The number of hydrogen-bond acceptors (Lipinski definition) is 5. The van der Waals surface area contributed by atoms with Crippen molar-refractivity contribution in [2.75, 3.05) is 5.32 Å². The molecule has 8 heteroatoms. The van der Waals surface area contributed by atoms with Crippen LogP contribution < -0.4 is 16.0 Å². The quantitative estimate of drug-likeness (QED) is 0.542. The van der Waals surface area contributed by atoms with Crippen molar-refractivity contribution in [3.63, 3.8) is 0 Å². The maximum absolute atomic E-state index is 12.2. The van der Waals surface area contributed by atoms with Crippen LogP contribution >= 0.6 is 0 Å². The third-order valence-corrected chi connectivity index (χ3v) is 5.98. The molecule has 1 aliphatic rings. The summed E-state index contributed by atoms with van der Waals surface area (Å²) in [6, 6.07) is 8.70. The Bertz CT molecular complexity index is 1140. The molecule has 33 heavy (non-hydrogen) atoms. The summed E-state index contributed by atoms with van der Waals surface area (Å²) in [5.41, 5.74) is 3.69. The molecule has 1 aromatic carbocycles. The fourth-order valence-corrected chi connectivity index (χ4v) is 4.40. The predicted octanol–water partition coefficient (Wildman–Crippen LogP) is 4.56. The van der Waals surface area contributed by atoms with Gasteiger partial charge in [0.1, 0.15) is 11.6 Å². The molecule has 2 amide bonds. The number of carbonyl (C=O) groups excluding carboxylic acids is 1.